The molecule has 0 saturated heterocycles. The normalized spacial score (nSPS) is 14.1. The third kappa shape index (κ3) is 2.61. The first-order valence-corrected chi connectivity index (χ1v) is 5.74. The number of carboxylic acids is 1. The van der Waals surface area contributed by atoms with Crippen molar-refractivity contribution in [2.45, 2.75) is 18.9 Å². The molecule has 5 heteroatoms. The van der Waals surface area contributed by atoms with Gasteiger partial charge < -0.3 is 14.7 Å². The molecule has 0 aromatic heterocycles. The zero-order chi connectivity index (χ0) is 13.3. The summed E-state index contributed by atoms with van der Waals surface area (Å²) in [6, 6.07) is 4.51. The first kappa shape index (κ1) is 12.4. The molecule has 5 nitrogen and oxygen atoms in total. The molecular weight excluding hydrogens is 234 g/mol. The van der Waals surface area contributed by atoms with Gasteiger partial charge in [-0.1, -0.05) is 0 Å². The summed E-state index contributed by atoms with van der Waals surface area (Å²) >= 11 is 0. The van der Waals surface area contributed by atoms with Crippen molar-refractivity contribution >= 4 is 11.9 Å². The largest absolute Gasteiger partial charge is 0.490 e. The van der Waals surface area contributed by atoms with Gasteiger partial charge in [0.1, 0.15) is 5.75 Å². The molecular formula is C13H15NO4. The summed E-state index contributed by atoms with van der Waals surface area (Å²) in [6.45, 7) is 0. The highest BCUT2D eigenvalue weighted by molar-refractivity contribution is 6.04. The Balaban J connectivity index is 2.36. The van der Waals surface area contributed by atoms with Gasteiger partial charge in [-0.15, -0.1) is 0 Å². The number of hydrogen-bond acceptors (Lipinski definition) is 3. The number of aromatic carboxylic acids is 1. The van der Waals surface area contributed by atoms with Crippen molar-refractivity contribution in [1.29, 1.82) is 0 Å². The number of amides is 1. The predicted molar refractivity (Wildman–Crippen MR) is 65.1 cm³/mol. The summed E-state index contributed by atoms with van der Waals surface area (Å²) in [5.41, 5.74) is 0.155. The molecule has 1 aliphatic rings. The Hall–Kier alpha value is -2.04. The van der Waals surface area contributed by atoms with Gasteiger partial charge in [-0.2, -0.15) is 0 Å². The molecule has 0 radical (unpaired) electrons. The molecule has 1 N–H and O–H groups in total. The van der Waals surface area contributed by atoms with Crippen LogP contribution < -0.4 is 4.74 Å². The van der Waals surface area contributed by atoms with E-state index in [2.05, 4.69) is 0 Å². The van der Waals surface area contributed by atoms with Crippen LogP contribution >= 0.6 is 0 Å². The first-order chi connectivity index (χ1) is 8.49. The van der Waals surface area contributed by atoms with Gasteiger partial charge in [-0.05, 0) is 31.0 Å². The summed E-state index contributed by atoms with van der Waals surface area (Å²) in [5, 5.41) is 9.07. The maximum Gasteiger partial charge on any atom is 0.336 e. The predicted octanol–water partition coefficient (Wildman–Crippen LogP) is 1.63. The van der Waals surface area contributed by atoms with Gasteiger partial charge in [-0.25, -0.2) is 4.79 Å². The lowest BCUT2D eigenvalue weighted by Crippen LogP contribution is -2.24. The van der Waals surface area contributed by atoms with Crippen molar-refractivity contribution in [2.24, 2.45) is 0 Å². The molecule has 0 heterocycles. The molecule has 1 fully saturated rings. The molecule has 1 aromatic rings. The second-order valence-corrected chi connectivity index (χ2v) is 4.53. The van der Waals surface area contributed by atoms with Gasteiger partial charge in [0.05, 0.1) is 17.2 Å². The molecule has 96 valence electrons. The lowest BCUT2D eigenvalue weighted by molar-refractivity contribution is 0.0685. The van der Waals surface area contributed by atoms with Crippen LogP contribution in [0.15, 0.2) is 18.2 Å². The van der Waals surface area contributed by atoms with Gasteiger partial charge in [0.25, 0.3) is 5.91 Å². The van der Waals surface area contributed by atoms with Crippen molar-refractivity contribution in [1.82, 2.24) is 4.90 Å². The maximum atomic E-state index is 11.9. The molecule has 18 heavy (non-hydrogen) atoms. The van der Waals surface area contributed by atoms with Crippen molar-refractivity contribution in [2.75, 3.05) is 14.1 Å². The van der Waals surface area contributed by atoms with E-state index in [0.717, 1.165) is 12.8 Å². The minimum atomic E-state index is -1.11. The van der Waals surface area contributed by atoms with Crippen LogP contribution in [-0.2, 0) is 0 Å². The number of hydrogen-bond donors (Lipinski definition) is 1. The highest BCUT2D eigenvalue weighted by atomic mass is 16.5. The van der Waals surface area contributed by atoms with E-state index in [1.54, 1.807) is 20.2 Å². The Kier molecular flexibility index (Phi) is 3.23. The lowest BCUT2D eigenvalue weighted by Gasteiger charge is -2.14. The monoisotopic (exact) mass is 249 g/mol. The van der Waals surface area contributed by atoms with E-state index in [0.29, 0.717) is 5.75 Å². The van der Waals surface area contributed by atoms with E-state index in [-0.39, 0.29) is 23.1 Å². The van der Waals surface area contributed by atoms with Crippen LogP contribution in [0.25, 0.3) is 0 Å². The van der Waals surface area contributed by atoms with E-state index >= 15 is 0 Å². The van der Waals surface area contributed by atoms with Crippen LogP contribution in [-0.4, -0.2) is 42.1 Å². The van der Waals surface area contributed by atoms with Crippen LogP contribution in [0, 0.1) is 0 Å². The summed E-state index contributed by atoms with van der Waals surface area (Å²) in [7, 11) is 3.17. The molecule has 0 unspecified atom stereocenters. The van der Waals surface area contributed by atoms with Gasteiger partial charge >= 0.3 is 5.97 Å². The maximum absolute atomic E-state index is 11.9. The number of carbonyl (C=O) groups excluding carboxylic acids is 1. The summed E-state index contributed by atoms with van der Waals surface area (Å²) < 4.78 is 5.57. The van der Waals surface area contributed by atoms with Gasteiger partial charge in [0, 0.05) is 14.1 Å². The van der Waals surface area contributed by atoms with Crippen molar-refractivity contribution in [3.63, 3.8) is 0 Å². The molecule has 1 amide bonds. The SMILES string of the molecule is CN(C)C(=O)c1cc(OC2CC2)ccc1C(=O)O. The Bertz CT molecular complexity index is 492. The fourth-order valence-corrected chi connectivity index (χ4v) is 1.58. The second kappa shape index (κ2) is 4.68. The smallest absolute Gasteiger partial charge is 0.336 e. The Morgan fingerprint density at radius 1 is 1.28 bits per heavy atom. The van der Waals surface area contributed by atoms with Gasteiger partial charge in [0.15, 0.2) is 0 Å². The molecule has 2 rings (SSSR count). The van der Waals surface area contributed by atoms with Crippen molar-refractivity contribution in [3.8, 4) is 5.75 Å². The lowest BCUT2D eigenvalue weighted by atomic mass is 10.1. The van der Waals surface area contributed by atoms with Gasteiger partial charge in [-0.3, -0.25) is 4.79 Å². The van der Waals surface area contributed by atoms with E-state index in [4.69, 9.17) is 9.84 Å². The number of rotatable bonds is 4. The third-order valence-electron chi connectivity index (χ3n) is 2.69. The second-order valence-electron chi connectivity index (χ2n) is 4.53. The summed E-state index contributed by atoms with van der Waals surface area (Å²) in [4.78, 5) is 24.4. The van der Waals surface area contributed by atoms with Crippen LogP contribution in [0.3, 0.4) is 0 Å². The quantitative estimate of drug-likeness (QED) is 0.880. The highest BCUT2D eigenvalue weighted by Gasteiger charge is 2.25. The number of benzene rings is 1. The number of nitrogens with zero attached hydrogens (tertiary/aromatic N) is 1. The van der Waals surface area contributed by atoms with E-state index in [9.17, 15) is 9.59 Å². The first-order valence-electron chi connectivity index (χ1n) is 5.74. The van der Waals surface area contributed by atoms with Crippen LogP contribution in [0.2, 0.25) is 0 Å². The van der Waals surface area contributed by atoms with Crippen molar-refractivity contribution < 1.29 is 19.4 Å². The van der Waals surface area contributed by atoms with E-state index in [1.165, 1.54) is 17.0 Å². The standard InChI is InChI=1S/C13H15NO4/c1-14(2)12(15)11-7-9(18-8-3-4-8)5-6-10(11)13(16)17/h5-8H,3-4H2,1-2H3,(H,16,17). The molecule has 1 aromatic carbocycles. The summed E-state index contributed by atoms with van der Waals surface area (Å²) in [6.07, 6.45) is 2.23. The van der Waals surface area contributed by atoms with Crippen LogP contribution in [0.5, 0.6) is 5.75 Å². The average Bonchev–Trinajstić information content (AvgIpc) is 3.11. The van der Waals surface area contributed by atoms with Crippen LogP contribution in [0.4, 0.5) is 0 Å². The van der Waals surface area contributed by atoms with E-state index in [1.807, 2.05) is 0 Å². The molecule has 0 atom stereocenters. The highest BCUT2D eigenvalue weighted by Crippen LogP contribution is 2.28. The van der Waals surface area contributed by atoms with Crippen LogP contribution in [0.1, 0.15) is 33.6 Å². The average molecular weight is 249 g/mol. The molecule has 0 spiro atoms. The Labute approximate surface area is 105 Å². The van der Waals surface area contributed by atoms with E-state index < -0.39 is 5.97 Å². The summed E-state index contributed by atoms with van der Waals surface area (Å²) in [5.74, 6) is -0.903. The zero-order valence-corrected chi connectivity index (χ0v) is 10.3. The number of carbonyl (C=O) groups is 2. The van der Waals surface area contributed by atoms with Gasteiger partial charge in [0.2, 0.25) is 0 Å². The number of ether oxygens (including phenoxy) is 1. The molecule has 1 aliphatic carbocycles. The fourth-order valence-electron chi connectivity index (χ4n) is 1.58. The molecule has 0 bridgehead atoms. The zero-order valence-electron chi connectivity index (χ0n) is 10.3. The minimum absolute atomic E-state index is 0.00292. The van der Waals surface area contributed by atoms with Crippen molar-refractivity contribution in [3.05, 3.63) is 29.3 Å². The fraction of sp³-hybridized carbons (Fsp3) is 0.385. The Morgan fingerprint density at radius 2 is 1.94 bits per heavy atom. The minimum Gasteiger partial charge on any atom is -0.490 e. The number of carboxylic acid groups (broad SMARTS) is 1. The molecule has 0 aliphatic heterocycles. The Morgan fingerprint density at radius 3 is 2.44 bits per heavy atom. The third-order valence-corrected chi connectivity index (χ3v) is 2.69. The topological polar surface area (TPSA) is 66.8 Å². The molecule has 1 saturated carbocycles.